The lowest BCUT2D eigenvalue weighted by Crippen LogP contribution is -2.59. The van der Waals surface area contributed by atoms with E-state index in [1.807, 2.05) is 13.8 Å². The van der Waals surface area contributed by atoms with Gasteiger partial charge in [-0.2, -0.15) is 0 Å². The summed E-state index contributed by atoms with van der Waals surface area (Å²) in [6.07, 6.45) is 14.3. The number of hydrogen-bond donors (Lipinski definition) is 7. The van der Waals surface area contributed by atoms with Crippen LogP contribution < -0.4 is 31.9 Å². The Bertz CT molecular complexity index is 1790. The van der Waals surface area contributed by atoms with Gasteiger partial charge in [-0.05, 0) is 120 Å². The van der Waals surface area contributed by atoms with Crippen LogP contribution in [-0.4, -0.2) is 125 Å². The summed E-state index contributed by atoms with van der Waals surface area (Å²) in [4.78, 5) is 102. The molecule has 1 aromatic carbocycles. The number of nitrogens with zero attached hydrogens (tertiary/aromatic N) is 2. The molecular weight excluding hydrogens is 877 g/mol. The second kappa shape index (κ2) is 30.1. The van der Waals surface area contributed by atoms with E-state index in [-0.39, 0.29) is 68.3 Å². The highest BCUT2D eigenvalue weighted by atomic mass is 16.3. The Morgan fingerprint density at radius 1 is 0.681 bits per heavy atom. The summed E-state index contributed by atoms with van der Waals surface area (Å²) in [5.41, 5.74) is 0.822. The number of nitrogens with one attached hydrogen (secondary N) is 6. The highest BCUT2D eigenvalue weighted by Crippen LogP contribution is 2.24. The van der Waals surface area contributed by atoms with Crippen LogP contribution in [0.5, 0.6) is 5.75 Å². The van der Waals surface area contributed by atoms with Crippen molar-refractivity contribution in [2.75, 3.05) is 26.2 Å². The van der Waals surface area contributed by atoms with E-state index in [2.05, 4.69) is 52.7 Å². The zero-order valence-corrected chi connectivity index (χ0v) is 42.9. The largest absolute Gasteiger partial charge is 0.508 e. The van der Waals surface area contributed by atoms with Crippen LogP contribution in [-0.2, 0) is 40.0 Å². The molecule has 16 heteroatoms. The third-order valence-electron chi connectivity index (χ3n) is 14.3. The summed E-state index contributed by atoms with van der Waals surface area (Å²) >= 11 is 0. The highest BCUT2D eigenvalue weighted by Gasteiger charge is 2.41. The molecule has 69 heavy (non-hydrogen) atoms. The van der Waals surface area contributed by atoms with Gasteiger partial charge in [0.25, 0.3) is 0 Å². The summed E-state index contributed by atoms with van der Waals surface area (Å²) in [7, 11) is 0. The van der Waals surface area contributed by atoms with Crippen molar-refractivity contribution in [2.45, 2.75) is 219 Å². The zero-order chi connectivity index (χ0) is 50.3. The molecule has 3 aliphatic heterocycles. The second-order valence-corrected chi connectivity index (χ2v) is 20.5. The Morgan fingerprint density at radius 2 is 1.29 bits per heavy atom. The fourth-order valence-electron chi connectivity index (χ4n) is 9.98. The average Bonchev–Trinajstić information content (AvgIpc) is 4.03. The van der Waals surface area contributed by atoms with E-state index in [0.717, 1.165) is 36.7 Å². The van der Waals surface area contributed by atoms with Crippen LogP contribution in [0.25, 0.3) is 0 Å². The van der Waals surface area contributed by atoms with Gasteiger partial charge >= 0.3 is 0 Å². The maximum Gasteiger partial charge on any atom is 0.245 e. The summed E-state index contributed by atoms with van der Waals surface area (Å²) in [5.74, 6) is -1.38. The highest BCUT2D eigenvalue weighted by molar-refractivity contribution is 5.97. The van der Waals surface area contributed by atoms with Gasteiger partial charge in [0.1, 0.15) is 42.0 Å². The van der Waals surface area contributed by atoms with Crippen molar-refractivity contribution in [3.8, 4) is 5.75 Å². The zero-order valence-electron chi connectivity index (χ0n) is 42.9. The molecule has 1 aromatic rings. The molecule has 3 aliphatic rings. The number of carbonyl (C=O) groups excluding carboxylic acids is 7. The number of aromatic hydroxyl groups is 1. The molecule has 7 unspecified atom stereocenters. The van der Waals surface area contributed by atoms with E-state index < -0.39 is 59.9 Å². The lowest BCUT2D eigenvalue weighted by atomic mass is 9.91. The minimum absolute atomic E-state index is 0.0948. The van der Waals surface area contributed by atoms with Gasteiger partial charge in [-0.15, -0.1) is 0 Å². The van der Waals surface area contributed by atoms with Crippen molar-refractivity contribution in [3.63, 3.8) is 0 Å². The molecule has 0 bridgehead atoms. The topological polar surface area (TPSA) is 218 Å². The van der Waals surface area contributed by atoms with Crippen molar-refractivity contribution >= 4 is 41.4 Å². The van der Waals surface area contributed by atoms with E-state index in [9.17, 15) is 38.7 Å². The normalized spacial score (nSPS) is 24.4. The minimum Gasteiger partial charge on any atom is -0.508 e. The van der Waals surface area contributed by atoms with Crippen LogP contribution in [0, 0.1) is 11.8 Å². The molecule has 0 radical (unpaired) electrons. The van der Waals surface area contributed by atoms with Gasteiger partial charge in [0.2, 0.25) is 41.4 Å². The number of unbranched alkanes of at least 4 members (excludes halogenated alkanes) is 5. The van der Waals surface area contributed by atoms with Crippen molar-refractivity contribution in [3.05, 3.63) is 29.8 Å². The standard InChI is InChI=1S/C53H88N8O8/c1-7-37(5)35-38(6)19-13-11-9-10-12-14-24-47(63)56-42-20-15-32-55-50(66)45-22-17-33-60(45)53(69)44(21-16-31-54-36(3)4)59-49(65)43(30-27-39-25-28-40(62)29-26-39)58-51(67)46-23-18-34-61(46)52(68)41(8-2)57-48(42)64/h25-26,28-29,36-38,41-46,54,62H,7-24,27,30-35H2,1-6H3,(H,55,66)(H,56,63)(H,57,64)(H,58,67)(H,59,65)/t37?,38?,41?,42-,43?,44?,45?,46?/m0/s1. The fraction of sp³-hybridized carbons (Fsp3) is 0.755. The monoisotopic (exact) mass is 965 g/mol. The van der Waals surface area contributed by atoms with Crippen molar-refractivity contribution in [1.82, 2.24) is 41.7 Å². The first-order chi connectivity index (χ1) is 33.1. The summed E-state index contributed by atoms with van der Waals surface area (Å²) in [6.45, 7) is 14.2. The fourth-order valence-corrected chi connectivity index (χ4v) is 9.98. The molecule has 388 valence electrons. The Labute approximate surface area is 412 Å². The quantitative estimate of drug-likeness (QED) is 0.0726. The Morgan fingerprint density at radius 3 is 1.94 bits per heavy atom. The lowest BCUT2D eigenvalue weighted by Gasteiger charge is -2.31. The van der Waals surface area contributed by atoms with E-state index in [1.54, 1.807) is 36.1 Å². The smallest absolute Gasteiger partial charge is 0.245 e. The number of fused-ring (bicyclic) bond motifs is 2. The molecule has 3 saturated heterocycles. The van der Waals surface area contributed by atoms with E-state index in [4.69, 9.17) is 0 Å². The minimum atomic E-state index is -1.09. The summed E-state index contributed by atoms with van der Waals surface area (Å²) in [6, 6.07) is 1.11. The molecule has 0 spiro atoms. The Kier molecular flexibility index (Phi) is 24.8. The molecule has 0 aliphatic carbocycles. The number of hydrogen-bond acceptors (Lipinski definition) is 9. The van der Waals surface area contributed by atoms with Crippen LogP contribution in [0.4, 0.5) is 0 Å². The van der Waals surface area contributed by atoms with Gasteiger partial charge < -0.3 is 46.8 Å². The number of phenols is 1. The van der Waals surface area contributed by atoms with Gasteiger partial charge in [0.15, 0.2) is 0 Å². The molecule has 3 fully saturated rings. The van der Waals surface area contributed by atoms with Gasteiger partial charge in [0.05, 0.1) is 0 Å². The molecule has 0 saturated carbocycles. The van der Waals surface area contributed by atoms with Crippen LogP contribution in [0.1, 0.15) is 176 Å². The molecule has 7 amide bonds. The van der Waals surface area contributed by atoms with E-state index >= 15 is 0 Å². The average molecular weight is 965 g/mol. The Hall–Kier alpha value is -4.73. The lowest BCUT2D eigenvalue weighted by molar-refractivity contribution is -0.143. The SMILES string of the molecule is CCC(C)CC(C)CCCCCCCCC(=O)N[C@H]1CCCNC(=O)C2CCCN2C(=O)C(CCCNC(C)C)NC(=O)C(CCc2ccc(O)cc2)NC(=O)C2CCCN2C(=O)C(CC)NC1=O. The summed E-state index contributed by atoms with van der Waals surface area (Å²) in [5, 5.41) is 27.9. The van der Waals surface area contributed by atoms with Gasteiger partial charge in [-0.1, -0.05) is 98.6 Å². The molecule has 3 heterocycles. The first kappa shape index (κ1) is 56.9. The predicted octanol–water partition coefficient (Wildman–Crippen LogP) is 5.54. The molecule has 8 atom stereocenters. The molecule has 4 rings (SSSR count). The second-order valence-electron chi connectivity index (χ2n) is 20.5. The van der Waals surface area contributed by atoms with Gasteiger partial charge in [-0.3, -0.25) is 33.6 Å². The first-order valence-electron chi connectivity index (χ1n) is 26.7. The number of phenolic OH excluding ortho intramolecular Hbond substituents is 1. The number of carbonyl (C=O) groups is 7. The van der Waals surface area contributed by atoms with Crippen molar-refractivity contribution < 1.29 is 38.7 Å². The molecule has 0 aromatic heterocycles. The van der Waals surface area contributed by atoms with E-state index in [0.29, 0.717) is 70.9 Å². The molecule has 16 nitrogen and oxygen atoms in total. The van der Waals surface area contributed by atoms with E-state index in [1.165, 1.54) is 37.0 Å². The van der Waals surface area contributed by atoms with Crippen LogP contribution in [0.3, 0.4) is 0 Å². The third kappa shape index (κ3) is 19.2. The first-order valence-corrected chi connectivity index (χ1v) is 26.7. The number of aryl methyl sites for hydroxylation is 1. The number of amides is 7. The predicted molar refractivity (Wildman–Crippen MR) is 269 cm³/mol. The van der Waals surface area contributed by atoms with Crippen LogP contribution >= 0.6 is 0 Å². The Balaban J connectivity index is 1.52. The maximum absolute atomic E-state index is 14.5. The molecular formula is C53H88N8O8. The maximum atomic E-state index is 14.5. The van der Waals surface area contributed by atoms with Crippen molar-refractivity contribution in [1.29, 1.82) is 0 Å². The van der Waals surface area contributed by atoms with Gasteiger partial charge in [-0.25, -0.2) is 0 Å². The molecule has 7 N–H and O–H groups in total. The van der Waals surface area contributed by atoms with Crippen LogP contribution in [0.2, 0.25) is 0 Å². The van der Waals surface area contributed by atoms with Crippen molar-refractivity contribution in [2.24, 2.45) is 11.8 Å². The number of rotatable bonds is 22. The van der Waals surface area contributed by atoms with Gasteiger partial charge in [0, 0.05) is 32.1 Å². The number of benzene rings is 1. The third-order valence-corrected chi connectivity index (χ3v) is 14.3. The van der Waals surface area contributed by atoms with Crippen LogP contribution in [0.15, 0.2) is 24.3 Å². The summed E-state index contributed by atoms with van der Waals surface area (Å²) < 4.78 is 0.